The highest BCUT2D eigenvalue weighted by molar-refractivity contribution is 6.00. The number of rotatable bonds is 6. The van der Waals surface area contributed by atoms with Gasteiger partial charge in [-0.2, -0.15) is 10.2 Å². The average molecular weight is 464 g/mol. The first-order valence-electron chi connectivity index (χ1n) is 11.8. The maximum atomic E-state index is 13.4. The molecule has 0 radical (unpaired) electrons. The zero-order valence-electron chi connectivity index (χ0n) is 20.5. The van der Waals surface area contributed by atoms with E-state index < -0.39 is 6.04 Å². The first-order chi connectivity index (χ1) is 16.2. The molecule has 0 aromatic carbocycles. The van der Waals surface area contributed by atoms with Crippen LogP contribution in [0.1, 0.15) is 54.2 Å². The Hall–Kier alpha value is -3.49. The van der Waals surface area contributed by atoms with Crippen LogP contribution in [0.2, 0.25) is 0 Å². The van der Waals surface area contributed by atoms with Crippen molar-refractivity contribution >= 4 is 17.5 Å². The predicted molar refractivity (Wildman–Crippen MR) is 130 cm³/mol. The van der Waals surface area contributed by atoms with Crippen molar-refractivity contribution in [1.82, 2.24) is 29.9 Å². The third-order valence-electron chi connectivity index (χ3n) is 6.85. The van der Waals surface area contributed by atoms with Crippen molar-refractivity contribution in [1.29, 1.82) is 0 Å². The minimum Gasteiger partial charge on any atom is -0.339 e. The Balaban J connectivity index is 1.54. The van der Waals surface area contributed by atoms with Gasteiger partial charge in [0.1, 0.15) is 11.7 Å². The van der Waals surface area contributed by atoms with E-state index >= 15 is 0 Å². The number of hydrogen-bond donors (Lipinski definition) is 2. The number of pyridine rings is 1. The molecule has 0 aliphatic heterocycles. The summed E-state index contributed by atoms with van der Waals surface area (Å²) in [6.07, 6.45) is 8.96. The van der Waals surface area contributed by atoms with E-state index in [0.717, 1.165) is 48.2 Å². The van der Waals surface area contributed by atoms with Crippen LogP contribution in [-0.2, 0) is 18.9 Å². The minimum absolute atomic E-state index is 0.0822. The Morgan fingerprint density at radius 2 is 1.76 bits per heavy atom. The Morgan fingerprint density at radius 3 is 2.35 bits per heavy atom. The van der Waals surface area contributed by atoms with Crippen molar-refractivity contribution in [3.8, 4) is 11.4 Å². The summed E-state index contributed by atoms with van der Waals surface area (Å²) >= 11 is 0. The van der Waals surface area contributed by atoms with E-state index in [9.17, 15) is 9.59 Å². The third kappa shape index (κ3) is 4.88. The van der Waals surface area contributed by atoms with Gasteiger partial charge in [0.05, 0.1) is 29.5 Å². The molecule has 9 nitrogen and oxygen atoms in total. The fourth-order valence-corrected chi connectivity index (χ4v) is 4.83. The molecule has 2 amide bonds. The fourth-order valence-electron chi connectivity index (χ4n) is 4.83. The highest BCUT2D eigenvalue weighted by atomic mass is 16.2. The molecule has 0 unspecified atom stereocenters. The van der Waals surface area contributed by atoms with Gasteiger partial charge in [0.2, 0.25) is 5.91 Å². The zero-order valence-corrected chi connectivity index (χ0v) is 20.5. The van der Waals surface area contributed by atoms with Crippen molar-refractivity contribution in [3.05, 3.63) is 47.5 Å². The van der Waals surface area contributed by atoms with Gasteiger partial charge in [-0.25, -0.2) is 0 Å². The first-order valence-corrected chi connectivity index (χ1v) is 11.8. The quantitative estimate of drug-likeness (QED) is 0.583. The lowest BCUT2D eigenvalue weighted by Gasteiger charge is -2.32. The van der Waals surface area contributed by atoms with E-state index in [1.165, 1.54) is 4.68 Å². The van der Waals surface area contributed by atoms with E-state index in [-0.39, 0.29) is 17.7 Å². The van der Waals surface area contributed by atoms with Crippen molar-refractivity contribution in [2.24, 2.45) is 25.9 Å². The monoisotopic (exact) mass is 463 g/mol. The van der Waals surface area contributed by atoms with Crippen molar-refractivity contribution in [2.75, 3.05) is 5.32 Å². The zero-order chi connectivity index (χ0) is 24.4. The molecule has 180 valence electrons. The molecule has 3 heterocycles. The van der Waals surface area contributed by atoms with Gasteiger partial charge in [0.15, 0.2) is 0 Å². The van der Waals surface area contributed by atoms with Crippen LogP contribution in [-0.4, -0.2) is 42.4 Å². The summed E-state index contributed by atoms with van der Waals surface area (Å²) in [5.74, 6) is 0.206. The molecule has 9 heteroatoms. The number of nitrogens with zero attached hydrogens (tertiary/aromatic N) is 5. The van der Waals surface area contributed by atoms with E-state index in [1.54, 1.807) is 30.2 Å². The van der Waals surface area contributed by atoms with Gasteiger partial charge in [-0.15, -0.1) is 0 Å². The Bertz CT molecular complexity index is 1170. The van der Waals surface area contributed by atoms with Crippen LogP contribution >= 0.6 is 0 Å². The van der Waals surface area contributed by atoms with Crippen LogP contribution in [0.15, 0.2) is 30.7 Å². The molecule has 2 N–H and O–H groups in total. The maximum Gasteiger partial charge on any atom is 0.270 e. The lowest BCUT2D eigenvalue weighted by Crippen LogP contribution is -2.49. The second-order valence-corrected chi connectivity index (χ2v) is 9.49. The average Bonchev–Trinajstić information content (AvgIpc) is 3.38. The topological polar surface area (TPSA) is 107 Å². The van der Waals surface area contributed by atoms with Crippen LogP contribution in [0, 0.1) is 25.7 Å². The normalized spacial score (nSPS) is 19.0. The summed E-state index contributed by atoms with van der Waals surface area (Å²) in [5.41, 5.74) is 4.79. The van der Waals surface area contributed by atoms with Gasteiger partial charge < -0.3 is 10.6 Å². The number of carbonyl (C=O) groups is 2. The van der Waals surface area contributed by atoms with Crippen molar-refractivity contribution < 1.29 is 9.59 Å². The summed E-state index contributed by atoms with van der Waals surface area (Å²) in [7, 11) is 3.60. The highest BCUT2D eigenvalue weighted by Crippen LogP contribution is 2.31. The Labute approximate surface area is 200 Å². The molecule has 1 atom stereocenters. The standard InChI is InChI=1S/C25H33N7O2/c1-15-6-8-18(9-7-15)22(30-24(33)20-10-11-27-31(20)4)25(34)29-19-12-16(2)21(26-14-19)23-17(3)13-28-32(23)5/h10-15,18,22H,6-9H2,1-5H3,(H,29,34)(H,30,33)/t15-,18-,22-/m0/s1. The number of anilines is 1. The molecule has 0 spiro atoms. The van der Waals surface area contributed by atoms with Crippen molar-refractivity contribution in [2.45, 2.75) is 52.5 Å². The summed E-state index contributed by atoms with van der Waals surface area (Å²) in [5, 5.41) is 14.4. The number of nitrogens with one attached hydrogen (secondary N) is 2. The van der Waals surface area contributed by atoms with Gasteiger partial charge in [-0.3, -0.25) is 23.9 Å². The fraction of sp³-hybridized carbons (Fsp3) is 0.480. The molecule has 3 aromatic rings. The smallest absolute Gasteiger partial charge is 0.270 e. The molecule has 1 saturated carbocycles. The third-order valence-corrected chi connectivity index (χ3v) is 6.85. The van der Waals surface area contributed by atoms with Crippen LogP contribution in [0.3, 0.4) is 0 Å². The van der Waals surface area contributed by atoms with E-state index in [0.29, 0.717) is 17.3 Å². The Morgan fingerprint density at radius 1 is 1.03 bits per heavy atom. The number of carbonyl (C=O) groups excluding carboxylic acids is 2. The second-order valence-electron chi connectivity index (χ2n) is 9.49. The van der Waals surface area contributed by atoms with Gasteiger partial charge in [-0.1, -0.05) is 19.8 Å². The minimum atomic E-state index is -0.630. The predicted octanol–water partition coefficient (Wildman–Crippen LogP) is 3.40. The Kier molecular flexibility index (Phi) is 6.81. The number of aryl methyl sites for hydroxylation is 4. The van der Waals surface area contributed by atoms with E-state index in [4.69, 9.17) is 0 Å². The van der Waals surface area contributed by atoms with Crippen LogP contribution in [0.4, 0.5) is 5.69 Å². The highest BCUT2D eigenvalue weighted by Gasteiger charge is 2.33. The summed E-state index contributed by atoms with van der Waals surface area (Å²) < 4.78 is 3.32. The van der Waals surface area contributed by atoms with Gasteiger partial charge in [-0.05, 0) is 61.8 Å². The van der Waals surface area contributed by atoms with Crippen LogP contribution < -0.4 is 10.6 Å². The van der Waals surface area contributed by atoms with Gasteiger partial charge in [0.25, 0.3) is 5.91 Å². The lowest BCUT2D eigenvalue weighted by molar-refractivity contribution is -0.119. The summed E-state index contributed by atoms with van der Waals surface area (Å²) in [4.78, 5) is 31.0. The maximum absolute atomic E-state index is 13.4. The number of hydrogen-bond acceptors (Lipinski definition) is 5. The SMILES string of the molecule is Cc1cc(NC(=O)[C@@H](NC(=O)c2ccnn2C)[C@H]2CC[C@H](C)CC2)cnc1-c1c(C)cnn1C. The summed E-state index contributed by atoms with van der Waals surface area (Å²) in [6.45, 7) is 6.20. The molecule has 34 heavy (non-hydrogen) atoms. The lowest BCUT2D eigenvalue weighted by atomic mass is 9.79. The number of aromatic nitrogens is 5. The second kappa shape index (κ2) is 9.79. The summed E-state index contributed by atoms with van der Waals surface area (Å²) in [6, 6.07) is 2.93. The number of amides is 2. The molecular formula is C25H33N7O2. The molecule has 4 rings (SSSR count). The molecule has 1 aliphatic rings. The molecule has 0 saturated heterocycles. The van der Waals surface area contributed by atoms with Crippen LogP contribution in [0.5, 0.6) is 0 Å². The van der Waals surface area contributed by atoms with Gasteiger partial charge >= 0.3 is 0 Å². The van der Waals surface area contributed by atoms with Crippen molar-refractivity contribution in [3.63, 3.8) is 0 Å². The largest absolute Gasteiger partial charge is 0.339 e. The molecule has 0 bridgehead atoms. The van der Waals surface area contributed by atoms with Gasteiger partial charge in [0, 0.05) is 20.3 Å². The molecule has 1 aliphatic carbocycles. The van der Waals surface area contributed by atoms with Crippen LogP contribution in [0.25, 0.3) is 11.4 Å². The van der Waals surface area contributed by atoms with E-state index in [1.807, 2.05) is 33.2 Å². The molecular weight excluding hydrogens is 430 g/mol. The molecule has 3 aromatic heterocycles. The first kappa shape index (κ1) is 23.7. The molecule has 1 fully saturated rings. The van der Waals surface area contributed by atoms with E-state index in [2.05, 4.69) is 32.7 Å².